The second kappa shape index (κ2) is 8.94. The minimum absolute atomic E-state index is 0.0101. The summed E-state index contributed by atoms with van der Waals surface area (Å²) in [6.45, 7) is 8.65. The van der Waals surface area contributed by atoms with Crippen molar-refractivity contribution in [2.45, 2.75) is 46.6 Å². The third-order valence-corrected chi connectivity index (χ3v) is 4.68. The van der Waals surface area contributed by atoms with Crippen LogP contribution in [0.4, 0.5) is 5.69 Å². The van der Waals surface area contributed by atoms with Crippen molar-refractivity contribution in [3.05, 3.63) is 62.4 Å². The number of anilines is 1. The molecule has 0 saturated carbocycles. The summed E-state index contributed by atoms with van der Waals surface area (Å²) in [7, 11) is 0. The number of nitrogens with zero attached hydrogens (tertiary/aromatic N) is 2. The zero-order valence-electron chi connectivity index (χ0n) is 17.6. The molecule has 0 bridgehead atoms. The second-order valence-corrected chi connectivity index (χ2v) is 7.27. The van der Waals surface area contributed by atoms with Gasteiger partial charge < -0.3 is 10.1 Å². The molecule has 30 heavy (non-hydrogen) atoms. The van der Waals surface area contributed by atoms with Gasteiger partial charge in [-0.2, -0.15) is 0 Å². The Kier molecular flexibility index (Phi) is 6.34. The van der Waals surface area contributed by atoms with E-state index in [4.69, 9.17) is 4.74 Å². The number of hydrogen-bond donors (Lipinski definition) is 2. The van der Waals surface area contributed by atoms with Crippen LogP contribution in [-0.4, -0.2) is 27.0 Å². The molecule has 0 aliphatic rings. The van der Waals surface area contributed by atoms with Gasteiger partial charge >= 0.3 is 5.69 Å². The number of H-pyrrole nitrogens is 1. The number of carbonyl (C=O) groups is 1. The van der Waals surface area contributed by atoms with Gasteiger partial charge in [0, 0.05) is 17.9 Å². The quantitative estimate of drug-likeness (QED) is 0.622. The molecule has 0 radical (unpaired) electrons. The van der Waals surface area contributed by atoms with Crippen LogP contribution in [-0.2, 0) is 6.54 Å². The zero-order valence-corrected chi connectivity index (χ0v) is 17.6. The minimum Gasteiger partial charge on any atom is -0.494 e. The molecule has 1 amide bonds. The molecule has 3 rings (SSSR count). The number of fused-ring (bicyclic) bond motifs is 1. The molecule has 0 spiro atoms. The molecule has 8 heteroatoms. The van der Waals surface area contributed by atoms with Crippen LogP contribution < -0.4 is 21.3 Å². The van der Waals surface area contributed by atoms with E-state index >= 15 is 0 Å². The summed E-state index contributed by atoms with van der Waals surface area (Å²) in [5.41, 5.74) is 0.465. The predicted molar refractivity (Wildman–Crippen MR) is 117 cm³/mol. The molecule has 0 unspecified atom stereocenters. The predicted octanol–water partition coefficient (Wildman–Crippen LogP) is 3.27. The fourth-order valence-electron chi connectivity index (χ4n) is 3.20. The smallest absolute Gasteiger partial charge is 0.329 e. The van der Waals surface area contributed by atoms with Gasteiger partial charge in [0.2, 0.25) is 0 Å². The Hall–Kier alpha value is -3.42. The summed E-state index contributed by atoms with van der Waals surface area (Å²) in [6, 6.07) is 8.59. The second-order valence-electron chi connectivity index (χ2n) is 7.27. The van der Waals surface area contributed by atoms with Gasteiger partial charge in [0.25, 0.3) is 11.5 Å². The van der Waals surface area contributed by atoms with E-state index in [0.29, 0.717) is 36.7 Å². The van der Waals surface area contributed by atoms with E-state index in [2.05, 4.69) is 15.3 Å². The molecule has 0 aliphatic carbocycles. The highest BCUT2D eigenvalue weighted by Crippen LogP contribution is 2.22. The van der Waals surface area contributed by atoms with Crippen molar-refractivity contribution >= 4 is 22.6 Å². The molecule has 0 aliphatic heterocycles. The summed E-state index contributed by atoms with van der Waals surface area (Å²) >= 11 is 0. The molecule has 2 heterocycles. The first-order valence-corrected chi connectivity index (χ1v) is 10.1. The monoisotopic (exact) mass is 410 g/mol. The highest BCUT2D eigenvalue weighted by molar-refractivity contribution is 6.11. The van der Waals surface area contributed by atoms with E-state index in [1.54, 1.807) is 30.3 Å². The molecule has 1 aromatic carbocycles. The standard InChI is InChI=1S/C22H26N4O4/c1-5-11-26-19-18(21(28)25-22(26)29)16(12-17(24-19)13(3)4)20(27)23-14-7-9-15(10-8-14)30-6-2/h7-10,12-13H,5-6,11H2,1-4H3,(H,23,27)(H,25,28,29). The maximum Gasteiger partial charge on any atom is 0.329 e. The SMILES string of the molecule is CCCn1c(=O)[nH]c(=O)c2c(C(=O)Nc3ccc(OCC)cc3)cc(C(C)C)nc21. The number of ether oxygens (including phenoxy) is 1. The van der Waals surface area contributed by atoms with Crippen molar-refractivity contribution in [1.82, 2.24) is 14.5 Å². The van der Waals surface area contributed by atoms with Crippen LogP contribution in [0.1, 0.15) is 56.1 Å². The first-order chi connectivity index (χ1) is 14.3. The molecular weight excluding hydrogens is 384 g/mol. The molecule has 2 aromatic heterocycles. The van der Waals surface area contributed by atoms with Crippen molar-refractivity contribution in [3.63, 3.8) is 0 Å². The van der Waals surface area contributed by atoms with Gasteiger partial charge in [-0.3, -0.25) is 19.1 Å². The van der Waals surface area contributed by atoms with Crippen LogP contribution in [0, 0.1) is 0 Å². The van der Waals surface area contributed by atoms with Crippen molar-refractivity contribution in [3.8, 4) is 5.75 Å². The zero-order chi connectivity index (χ0) is 21.8. The van der Waals surface area contributed by atoms with Crippen LogP contribution in [0.15, 0.2) is 39.9 Å². The lowest BCUT2D eigenvalue weighted by Crippen LogP contribution is -2.32. The number of rotatable bonds is 7. The van der Waals surface area contributed by atoms with Crippen molar-refractivity contribution in [2.75, 3.05) is 11.9 Å². The molecule has 8 nitrogen and oxygen atoms in total. The minimum atomic E-state index is -0.623. The highest BCUT2D eigenvalue weighted by Gasteiger charge is 2.20. The van der Waals surface area contributed by atoms with Gasteiger partial charge in [-0.1, -0.05) is 20.8 Å². The van der Waals surface area contributed by atoms with Gasteiger partial charge in [0.15, 0.2) is 5.65 Å². The molecule has 2 N–H and O–H groups in total. The normalized spacial score (nSPS) is 11.1. The van der Waals surface area contributed by atoms with Gasteiger partial charge in [-0.25, -0.2) is 9.78 Å². The summed E-state index contributed by atoms with van der Waals surface area (Å²) in [5, 5.41) is 2.92. The Bertz CT molecular complexity index is 1180. The van der Waals surface area contributed by atoms with Gasteiger partial charge in [0.05, 0.1) is 17.6 Å². The maximum atomic E-state index is 13.1. The van der Waals surface area contributed by atoms with E-state index in [0.717, 1.165) is 0 Å². The van der Waals surface area contributed by atoms with Crippen LogP contribution in [0.25, 0.3) is 11.0 Å². The molecule has 0 fully saturated rings. The first kappa shape index (κ1) is 21.3. The van der Waals surface area contributed by atoms with Gasteiger partial charge in [-0.15, -0.1) is 0 Å². The molecule has 0 atom stereocenters. The van der Waals surface area contributed by atoms with Crippen LogP contribution in [0.5, 0.6) is 5.75 Å². The summed E-state index contributed by atoms with van der Waals surface area (Å²) in [5.74, 6) is 0.267. The van der Waals surface area contributed by atoms with Crippen molar-refractivity contribution in [1.29, 1.82) is 0 Å². The Labute approximate surface area is 173 Å². The molecule has 158 valence electrons. The number of amides is 1. The Morgan fingerprint density at radius 1 is 1.20 bits per heavy atom. The maximum absolute atomic E-state index is 13.1. The Morgan fingerprint density at radius 2 is 1.90 bits per heavy atom. The summed E-state index contributed by atoms with van der Waals surface area (Å²) < 4.78 is 6.83. The highest BCUT2D eigenvalue weighted by atomic mass is 16.5. The number of aryl methyl sites for hydroxylation is 1. The van der Waals surface area contributed by atoms with Crippen LogP contribution >= 0.6 is 0 Å². The number of nitrogens with one attached hydrogen (secondary N) is 2. The lowest BCUT2D eigenvalue weighted by Gasteiger charge is -2.14. The van der Waals surface area contributed by atoms with E-state index in [-0.39, 0.29) is 22.5 Å². The van der Waals surface area contributed by atoms with Crippen molar-refractivity contribution < 1.29 is 9.53 Å². The summed E-state index contributed by atoms with van der Waals surface area (Å²) in [4.78, 5) is 44.9. The average Bonchev–Trinajstić information content (AvgIpc) is 2.71. The lowest BCUT2D eigenvalue weighted by atomic mass is 10.0. The van der Waals surface area contributed by atoms with E-state index in [1.807, 2.05) is 27.7 Å². The molecule has 0 saturated heterocycles. The Balaban J connectivity index is 2.13. The third-order valence-electron chi connectivity index (χ3n) is 4.68. The van der Waals surface area contributed by atoms with Gasteiger partial charge in [0.1, 0.15) is 5.75 Å². The van der Waals surface area contributed by atoms with Crippen molar-refractivity contribution in [2.24, 2.45) is 0 Å². The lowest BCUT2D eigenvalue weighted by molar-refractivity contribution is 0.102. The number of benzene rings is 1. The van der Waals surface area contributed by atoms with E-state index < -0.39 is 17.2 Å². The first-order valence-electron chi connectivity index (χ1n) is 10.1. The largest absolute Gasteiger partial charge is 0.494 e. The van der Waals surface area contributed by atoms with Crippen LogP contribution in [0.2, 0.25) is 0 Å². The fraction of sp³-hybridized carbons (Fsp3) is 0.364. The van der Waals surface area contributed by atoms with Gasteiger partial charge in [-0.05, 0) is 49.6 Å². The number of carbonyl (C=O) groups excluding carboxylic acids is 1. The van der Waals surface area contributed by atoms with Crippen LogP contribution in [0.3, 0.4) is 0 Å². The summed E-state index contributed by atoms with van der Waals surface area (Å²) in [6.07, 6.45) is 0.683. The third kappa shape index (κ3) is 4.27. The fourth-order valence-corrected chi connectivity index (χ4v) is 3.20. The van der Waals surface area contributed by atoms with E-state index in [9.17, 15) is 14.4 Å². The number of pyridine rings is 1. The van der Waals surface area contributed by atoms with E-state index in [1.165, 1.54) is 4.57 Å². The Morgan fingerprint density at radius 3 is 2.50 bits per heavy atom. The molecule has 3 aromatic rings. The molecular formula is C22H26N4O4. The topological polar surface area (TPSA) is 106 Å². The number of aromatic amines is 1. The average molecular weight is 410 g/mol. The number of aromatic nitrogens is 3. The number of hydrogen-bond acceptors (Lipinski definition) is 5.